The topological polar surface area (TPSA) is 0 Å². The van der Waals surface area contributed by atoms with E-state index in [0.717, 1.165) is 23.7 Å². The molecule has 2 aliphatic rings. The Morgan fingerprint density at radius 2 is 1.67 bits per heavy atom. The van der Waals surface area contributed by atoms with Crippen LogP contribution in [-0.4, -0.2) is 0 Å². The molecule has 0 aliphatic heterocycles. The summed E-state index contributed by atoms with van der Waals surface area (Å²) in [5, 5.41) is 0. The minimum atomic E-state index is 1.07. The van der Waals surface area contributed by atoms with Gasteiger partial charge in [0.25, 0.3) is 0 Å². The Kier molecular flexibility index (Phi) is 4.11. The van der Waals surface area contributed by atoms with Gasteiger partial charge < -0.3 is 0 Å². The zero-order valence-corrected chi connectivity index (χ0v) is 10.7. The SMILES string of the molecule is CCC1CCCC(C2CCCC2CC)C1. The quantitative estimate of drug-likeness (QED) is 0.610. The van der Waals surface area contributed by atoms with Crippen LogP contribution >= 0.6 is 0 Å². The highest BCUT2D eigenvalue weighted by Crippen LogP contribution is 2.45. The van der Waals surface area contributed by atoms with Gasteiger partial charge in [-0.2, -0.15) is 0 Å². The summed E-state index contributed by atoms with van der Waals surface area (Å²) in [6.07, 6.45) is 13.7. The highest BCUT2D eigenvalue weighted by atomic mass is 14.4. The molecule has 4 atom stereocenters. The monoisotopic (exact) mass is 208 g/mol. The Morgan fingerprint density at radius 3 is 2.40 bits per heavy atom. The molecule has 0 aromatic rings. The molecule has 0 radical (unpaired) electrons. The molecule has 2 rings (SSSR count). The molecule has 2 aliphatic carbocycles. The van der Waals surface area contributed by atoms with Gasteiger partial charge in [0.05, 0.1) is 0 Å². The van der Waals surface area contributed by atoms with Crippen molar-refractivity contribution in [1.82, 2.24) is 0 Å². The molecule has 0 bridgehead atoms. The zero-order valence-electron chi connectivity index (χ0n) is 10.7. The molecule has 0 spiro atoms. The van der Waals surface area contributed by atoms with Gasteiger partial charge in [-0.05, 0) is 36.5 Å². The first kappa shape index (κ1) is 11.5. The number of rotatable bonds is 3. The standard InChI is InChI=1S/C15H28/c1-3-12-7-5-9-14(11-12)15-10-6-8-13(15)4-2/h12-15H,3-11H2,1-2H3. The first-order valence-electron chi connectivity index (χ1n) is 7.35. The summed E-state index contributed by atoms with van der Waals surface area (Å²) in [6, 6.07) is 0. The van der Waals surface area contributed by atoms with Crippen molar-refractivity contribution < 1.29 is 0 Å². The van der Waals surface area contributed by atoms with Crippen molar-refractivity contribution in [3.05, 3.63) is 0 Å². The first-order valence-corrected chi connectivity index (χ1v) is 7.35. The number of hydrogen-bond acceptors (Lipinski definition) is 0. The summed E-state index contributed by atoms with van der Waals surface area (Å²) in [4.78, 5) is 0. The van der Waals surface area contributed by atoms with E-state index >= 15 is 0 Å². The van der Waals surface area contributed by atoms with Crippen molar-refractivity contribution in [3.63, 3.8) is 0 Å². The third-order valence-electron chi connectivity index (χ3n) is 5.25. The first-order chi connectivity index (χ1) is 7.35. The lowest BCUT2D eigenvalue weighted by Crippen LogP contribution is -2.25. The van der Waals surface area contributed by atoms with Crippen LogP contribution in [0.5, 0.6) is 0 Å². The maximum Gasteiger partial charge on any atom is -0.0357 e. The second kappa shape index (κ2) is 5.37. The number of hydrogen-bond donors (Lipinski definition) is 0. The van der Waals surface area contributed by atoms with Crippen molar-refractivity contribution >= 4 is 0 Å². The van der Waals surface area contributed by atoms with Crippen molar-refractivity contribution in [2.24, 2.45) is 23.7 Å². The van der Waals surface area contributed by atoms with Crippen LogP contribution in [0.2, 0.25) is 0 Å². The van der Waals surface area contributed by atoms with Crippen LogP contribution in [0.15, 0.2) is 0 Å². The van der Waals surface area contributed by atoms with Gasteiger partial charge in [0.1, 0.15) is 0 Å². The molecule has 0 amide bonds. The fourth-order valence-corrected chi connectivity index (χ4v) is 4.29. The van der Waals surface area contributed by atoms with Gasteiger partial charge >= 0.3 is 0 Å². The highest BCUT2D eigenvalue weighted by molar-refractivity contribution is 4.85. The lowest BCUT2D eigenvalue weighted by atomic mass is 9.71. The predicted octanol–water partition coefficient (Wildman–Crippen LogP) is 5.03. The van der Waals surface area contributed by atoms with Crippen LogP contribution in [0, 0.1) is 23.7 Å². The van der Waals surface area contributed by atoms with Crippen LogP contribution < -0.4 is 0 Å². The minimum Gasteiger partial charge on any atom is -0.0651 e. The maximum absolute atomic E-state index is 2.41. The second-order valence-corrected chi connectivity index (χ2v) is 5.96. The van der Waals surface area contributed by atoms with Gasteiger partial charge in [-0.1, -0.05) is 58.8 Å². The maximum atomic E-state index is 2.41. The third-order valence-corrected chi connectivity index (χ3v) is 5.25. The van der Waals surface area contributed by atoms with Crippen molar-refractivity contribution in [2.75, 3.05) is 0 Å². The van der Waals surface area contributed by atoms with E-state index in [1.165, 1.54) is 38.5 Å². The Hall–Kier alpha value is 0. The largest absolute Gasteiger partial charge is 0.0651 e. The molecule has 0 aromatic heterocycles. The average molecular weight is 208 g/mol. The van der Waals surface area contributed by atoms with Crippen LogP contribution in [0.1, 0.15) is 71.6 Å². The highest BCUT2D eigenvalue weighted by Gasteiger charge is 2.34. The van der Waals surface area contributed by atoms with E-state index in [9.17, 15) is 0 Å². The van der Waals surface area contributed by atoms with Gasteiger partial charge in [0, 0.05) is 0 Å². The summed E-state index contributed by atoms with van der Waals surface area (Å²) in [5.41, 5.74) is 0. The molecule has 0 heteroatoms. The molecule has 0 aromatic carbocycles. The molecule has 2 saturated carbocycles. The van der Waals surface area contributed by atoms with E-state index in [2.05, 4.69) is 13.8 Å². The summed E-state index contributed by atoms with van der Waals surface area (Å²) >= 11 is 0. The normalized spacial score (nSPS) is 42.0. The van der Waals surface area contributed by atoms with Gasteiger partial charge in [-0.25, -0.2) is 0 Å². The minimum absolute atomic E-state index is 1.07. The lowest BCUT2D eigenvalue weighted by molar-refractivity contribution is 0.158. The zero-order chi connectivity index (χ0) is 10.7. The summed E-state index contributed by atoms with van der Waals surface area (Å²) in [5.74, 6) is 4.38. The molecule has 2 fully saturated rings. The van der Waals surface area contributed by atoms with Crippen molar-refractivity contribution in [1.29, 1.82) is 0 Å². The molecule has 0 N–H and O–H groups in total. The Labute approximate surface area is 95.8 Å². The summed E-state index contributed by atoms with van der Waals surface area (Å²) in [6.45, 7) is 4.79. The van der Waals surface area contributed by atoms with E-state index in [0.29, 0.717) is 0 Å². The Morgan fingerprint density at radius 1 is 0.867 bits per heavy atom. The lowest BCUT2D eigenvalue weighted by Gasteiger charge is -2.35. The fourth-order valence-electron chi connectivity index (χ4n) is 4.29. The van der Waals surface area contributed by atoms with Gasteiger partial charge in [-0.15, -0.1) is 0 Å². The van der Waals surface area contributed by atoms with Gasteiger partial charge in [0.15, 0.2) is 0 Å². The molecule has 0 saturated heterocycles. The van der Waals surface area contributed by atoms with Crippen LogP contribution in [0.4, 0.5) is 0 Å². The van der Waals surface area contributed by atoms with E-state index in [1.54, 1.807) is 19.3 Å². The fraction of sp³-hybridized carbons (Fsp3) is 1.00. The summed E-state index contributed by atoms with van der Waals surface area (Å²) in [7, 11) is 0. The predicted molar refractivity (Wildman–Crippen MR) is 66.9 cm³/mol. The smallest absolute Gasteiger partial charge is 0.0357 e. The molecule has 4 unspecified atom stereocenters. The van der Waals surface area contributed by atoms with Crippen LogP contribution in [0.3, 0.4) is 0 Å². The molecule has 0 heterocycles. The second-order valence-electron chi connectivity index (χ2n) is 5.96. The van der Waals surface area contributed by atoms with Crippen molar-refractivity contribution in [2.45, 2.75) is 71.6 Å². The van der Waals surface area contributed by atoms with Crippen molar-refractivity contribution in [3.8, 4) is 0 Å². The average Bonchev–Trinajstić information content (AvgIpc) is 2.77. The van der Waals surface area contributed by atoms with E-state index in [1.807, 2.05) is 0 Å². The Balaban J connectivity index is 1.91. The summed E-state index contributed by atoms with van der Waals surface area (Å²) < 4.78 is 0. The molecule has 15 heavy (non-hydrogen) atoms. The van der Waals surface area contributed by atoms with E-state index in [4.69, 9.17) is 0 Å². The van der Waals surface area contributed by atoms with E-state index in [-0.39, 0.29) is 0 Å². The third kappa shape index (κ3) is 2.57. The van der Waals surface area contributed by atoms with Gasteiger partial charge in [0.2, 0.25) is 0 Å². The van der Waals surface area contributed by atoms with E-state index < -0.39 is 0 Å². The Bertz CT molecular complexity index is 184. The molecular formula is C15H28. The molecule has 88 valence electrons. The van der Waals surface area contributed by atoms with Crippen LogP contribution in [-0.2, 0) is 0 Å². The molecular weight excluding hydrogens is 180 g/mol. The van der Waals surface area contributed by atoms with Crippen LogP contribution in [0.25, 0.3) is 0 Å². The molecule has 0 nitrogen and oxygen atoms in total. The van der Waals surface area contributed by atoms with Gasteiger partial charge in [-0.3, -0.25) is 0 Å².